The predicted molar refractivity (Wildman–Crippen MR) is 78.7 cm³/mol. The Morgan fingerprint density at radius 3 is 1.94 bits per heavy atom. The molecule has 0 atom stereocenters. The van der Waals surface area contributed by atoms with Gasteiger partial charge in [-0.3, -0.25) is 0 Å². The summed E-state index contributed by atoms with van der Waals surface area (Å²) < 4.78 is 0. The molecular formula is C17H28O. The zero-order chi connectivity index (χ0) is 13.9. The molecule has 0 fully saturated rings. The number of rotatable bonds is 5. The molecule has 0 aromatic heterocycles. The minimum atomic E-state index is -0.682. The molecule has 1 heteroatoms. The van der Waals surface area contributed by atoms with Gasteiger partial charge in [-0.15, -0.1) is 0 Å². The van der Waals surface area contributed by atoms with Crippen LogP contribution in [0.4, 0.5) is 0 Å². The molecule has 0 saturated carbocycles. The van der Waals surface area contributed by atoms with Crippen molar-refractivity contribution in [2.75, 3.05) is 0 Å². The van der Waals surface area contributed by atoms with Crippen LogP contribution in [-0.2, 0) is 5.60 Å². The maximum atomic E-state index is 11.1. The van der Waals surface area contributed by atoms with E-state index in [9.17, 15) is 5.11 Å². The lowest BCUT2D eigenvalue weighted by atomic mass is 9.77. The van der Waals surface area contributed by atoms with Crippen molar-refractivity contribution in [2.45, 2.75) is 60.0 Å². The number of aryl methyl sites for hydroxylation is 1. The summed E-state index contributed by atoms with van der Waals surface area (Å²) in [5.74, 6) is 0.988. The van der Waals surface area contributed by atoms with Gasteiger partial charge in [0.25, 0.3) is 0 Å². The monoisotopic (exact) mass is 248 g/mol. The van der Waals surface area contributed by atoms with Gasteiger partial charge in [0.2, 0.25) is 0 Å². The highest BCUT2D eigenvalue weighted by atomic mass is 16.3. The number of hydrogen-bond acceptors (Lipinski definition) is 1. The molecule has 0 aliphatic heterocycles. The van der Waals surface area contributed by atoms with Gasteiger partial charge in [0.15, 0.2) is 0 Å². The Morgan fingerprint density at radius 2 is 1.50 bits per heavy atom. The van der Waals surface area contributed by atoms with Crippen LogP contribution in [0.3, 0.4) is 0 Å². The fourth-order valence-electron chi connectivity index (χ4n) is 2.91. The molecule has 1 N–H and O–H groups in total. The van der Waals surface area contributed by atoms with Gasteiger partial charge in [0, 0.05) is 0 Å². The number of aliphatic hydroxyl groups is 1. The summed E-state index contributed by atoms with van der Waals surface area (Å²) in [6.45, 7) is 12.9. The third-order valence-electron chi connectivity index (χ3n) is 3.60. The topological polar surface area (TPSA) is 20.2 Å². The van der Waals surface area contributed by atoms with E-state index >= 15 is 0 Å². The second kappa shape index (κ2) is 5.88. The molecule has 0 bridgehead atoms. The minimum absolute atomic E-state index is 0.494. The van der Waals surface area contributed by atoms with E-state index < -0.39 is 5.60 Å². The van der Waals surface area contributed by atoms with Crippen LogP contribution in [0.5, 0.6) is 0 Å². The van der Waals surface area contributed by atoms with Crippen LogP contribution in [0.1, 0.15) is 57.2 Å². The van der Waals surface area contributed by atoms with E-state index in [4.69, 9.17) is 0 Å². The van der Waals surface area contributed by atoms with Crippen molar-refractivity contribution in [1.29, 1.82) is 0 Å². The van der Waals surface area contributed by atoms with Gasteiger partial charge in [-0.25, -0.2) is 0 Å². The van der Waals surface area contributed by atoms with Gasteiger partial charge in [-0.05, 0) is 55.2 Å². The molecule has 0 radical (unpaired) electrons. The molecule has 1 aromatic rings. The van der Waals surface area contributed by atoms with Crippen molar-refractivity contribution in [1.82, 2.24) is 0 Å². The average molecular weight is 248 g/mol. The molecule has 0 saturated heterocycles. The molecule has 0 unspecified atom stereocenters. The number of benzene rings is 1. The molecule has 0 heterocycles. The van der Waals surface area contributed by atoms with Crippen molar-refractivity contribution in [3.8, 4) is 0 Å². The Kier molecular flexibility index (Phi) is 4.98. The summed E-state index contributed by atoms with van der Waals surface area (Å²) in [6, 6.07) is 6.26. The lowest BCUT2D eigenvalue weighted by Crippen LogP contribution is -2.30. The molecule has 102 valence electrons. The average Bonchev–Trinajstić information content (AvgIpc) is 2.19. The van der Waals surface area contributed by atoms with Crippen molar-refractivity contribution >= 4 is 0 Å². The maximum absolute atomic E-state index is 11.1. The summed E-state index contributed by atoms with van der Waals surface area (Å²) in [4.78, 5) is 0. The van der Waals surface area contributed by atoms with Crippen LogP contribution in [0.15, 0.2) is 18.2 Å². The predicted octanol–water partition coefficient (Wildman–Crippen LogP) is 4.58. The molecular weight excluding hydrogens is 220 g/mol. The van der Waals surface area contributed by atoms with Crippen LogP contribution in [0.2, 0.25) is 0 Å². The van der Waals surface area contributed by atoms with Gasteiger partial charge < -0.3 is 5.11 Å². The molecule has 0 aliphatic carbocycles. The molecule has 0 aliphatic rings. The van der Waals surface area contributed by atoms with Crippen LogP contribution in [0.25, 0.3) is 0 Å². The molecule has 0 amide bonds. The minimum Gasteiger partial charge on any atom is -0.385 e. The van der Waals surface area contributed by atoms with Gasteiger partial charge >= 0.3 is 0 Å². The van der Waals surface area contributed by atoms with E-state index in [1.54, 1.807) is 0 Å². The first-order chi connectivity index (χ1) is 8.26. The normalized spacial score (nSPS) is 12.5. The lowest BCUT2D eigenvalue weighted by Gasteiger charge is -2.34. The van der Waals surface area contributed by atoms with E-state index in [0.717, 1.165) is 18.4 Å². The highest BCUT2D eigenvalue weighted by Crippen LogP contribution is 2.37. The van der Waals surface area contributed by atoms with Gasteiger partial charge in [-0.2, -0.15) is 0 Å². The molecule has 18 heavy (non-hydrogen) atoms. The Bertz CT molecular complexity index is 381. The zero-order valence-corrected chi connectivity index (χ0v) is 12.7. The quantitative estimate of drug-likeness (QED) is 0.808. The Labute approximate surface area is 112 Å². The van der Waals surface area contributed by atoms with E-state index in [2.05, 4.69) is 59.7 Å². The second-order valence-corrected chi connectivity index (χ2v) is 6.47. The summed E-state index contributed by atoms with van der Waals surface area (Å²) in [6.07, 6.45) is 1.66. The van der Waals surface area contributed by atoms with E-state index in [-0.39, 0.29) is 0 Å². The summed E-state index contributed by atoms with van der Waals surface area (Å²) >= 11 is 0. The SMILES string of the molecule is Cc1cccc(C(O)(CC(C)C)CC(C)C)c1C. The zero-order valence-electron chi connectivity index (χ0n) is 12.7. The van der Waals surface area contributed by atoms with E-state index in [0.29, 0.717) is 11.8 Å². The first-order valence-electron chi connectivity index (χ1n) is 7.05. The maximum Gasteiger partial charge on any atom is 0.0904 e. The summed E-state index contributed by atoms with van der Waals surface area (Å²) in [7, 11) is 0. The fraction of sp³-hybridized carbons (Fsp3) is 0.647. The van der Waals surface area contributed by atoms with Crippen molar-refractivity contribution in [3.05, 3.63) is 34.9 Å². The van der Waals surface area contributed by atoms with Gasteiger partial charge in [0.05, 0.1) is 5.60 Å². The third-order valence-corrected chi connectivity index (χ3v) is 3.60. The largest absolute Gasteiger partial charge is 0.385 e. The summed E-state index contributed by atoms with van der Waals surface area (Å²) in [5, 5.41) is 11.1. The number of hydrogen-bond donors (Lipinski definition) is 1. The smallest absolute Gasteiger partial charge is 0.0904 e. The Hall–Kier alpha value is -0.820. The van der Waals surface area contributed by atoms with Crippen LogP contribution in [0, 0.1) is 25.7 Å². The van der Waals surface area contributed by atoms with Crippen LogP contribution in [-0.4, -0.2) is 5.11 Å². The van der Waals surface area contributed by atoms with E-state index in [1.807, 2.05) is 0 Å². The first-order valence-corrected chi connectivity index (χ1v) is 7.05. The first kappa shape index (κ1) is 15.2. The van der Waals surface area contributed by atoms with E-state index in [1.165, 1.54) is 11.1 Å². The Morgan fingerprint density at radius 1 is 1.00 bits per heavy atom. The summed E-state index contributed by atoms with van der Waals surface area (Å²) in [5.41, 5.74) is 2.93. The Balaban J connectivity index is 3.20. The third kappa shape index (κ3) is 3.58. The van der Waals surface area contributed by atoms with Crippen molar-refractivity contribution < 1.29 is 5.11 Å². The van der Waals surface area contributed by atoms with Crippen molar-refractivity contribution in [2.24, 2.45) is 11.8 Å². The molecule has 1 nitrogen and oxygen atoms in total. The fourth-order valence-corrected chi connectivity index (χ4v) is 2.91. The van der Waals surface area contributed by atoms with Gasteiger partial charge in [-0.1, -0.05) is 45.9 Å². The van der Waals surface area contributed by atoms with Gasteiger partial charge in [0.1, 0.15) is 0 Å². The standard InChI is InChI=1S/C17H28O/c1-12(2)10-17(18,11-13(3)4)16-9-7-8-14(5)15(16)6/h7-9,12-13,18H,10-11H2,1-6H3. The molecule has 0 spiro atoms. The highest BCUT2D eigenvalue weighted by Gasteiger charge is 2.32. The van der Waals surface area contributed by atoms with Crippen molar-refractivity contribution in [3.63, 3.8) is 0 Å². The van der Waals surface area contributed by atoms with Crippen LogP contribution < -0.4 is 0 Å². The highest BCUT2D eigenvalue weighted by molar-refractivity contribution is 5.37. The molecule has 1 rings (SSSR count). The molecule has 1 aromatic carbocycles. The lowest BCUT2D eigenvalue weighted by molar-refractivity contribution is -0.00509. The van der Waals surface area contributed by atoms with Crippen LogP contribution >= 0.6 is 0 Å². The second-order valence-electron chi connectivity index (χ2n) is 6.47.